The number of benzene rings is 2. The molecule has 0 saturated carbocycles. The third-order valence-electron chi connectivity index (χ3n) is 2.75. The summed E-state index contributed by atoms with van der Waals surface area (Å²) in [4.78, 5) is 21.9. The molecular weight excluding hydrogens is 305 g/mol. The maximum Gasteiger partial charge on any atom is 0.328 e. The van der Waals surface area contributed by atoms with Crippen LogP contribution in [0.3, 0.4) is 0 Å². The van der Waals surface area contributed by atoms with Crippen molar-refractivity contribution in [3.63, 3.8) is 0 Å². The van der Waals surface area contributed by atoms with Crippen LogP contribution in [0, 0.1) is 0 Å². The van der Waals surface area contributed by atoms with E-state index in [0.29, 0.717) is 5.71 Å². The number of hydrogen-bond donors (Lipinski definition) is 2. The van der Waals surface area contributed by atoms with Crippen LogP contribution >= 0.6 is 0 Å². The number of nitrogens with zero attached hydrogens (tertiary/aromatic N) is 1. The molecule has 0 saturated heterocycles. The molecule has 0 aliphatic heterocycles. The lowest BCUT2D eigenvalue weighted by atomic mass is 10.0. The zero-order chi connectivity index (χ0) is 15.8. The zero-order valence-corrected chi connectivity index (χ0v) is 13.8. The number of carbonyl (C=O) groups is 2. The predicted octanol–water partition coefficient (Wildman–Crippen LogP) is 1.82. The maximum atomic E-state index is 11.5. The van der Waals surface area contributed by atoms with Crippen molar-refractivity contribution < 1.29 is 14.7 Å². The van der Waals surface area contributed by atoms with Gasteiger partial charge in [0, 0.05) is 46.3 Å². The number of nitrogens with one attached hydrogen (secondary N) is 1. The minimum atomic E-state index is -1.19. The monoisotopic (exact) mass is 318 g/mol. The molecule has 23 heavy (non-hydrogen) atoms. The van der Waals surface area contributed by atoms with Crippen molar-refractivity contribution >= 4 is 40.6 Å². The highest BCUT2D eigenvalue weighted by Gasteiger charge is 2.07. The van der Waals surface area contributed by atoms with Crippen LogP contribution in [0.4, 0.5) is 0 Å². The minimum absolute atomic E-state index is 0. The van der Waals surface area contributed by atoms with Crippen molar-refractivity contribution in [2.75, 3.05) is 0 Å². The standard InChI is InChI=1S/C17H14N2O3.Mg/c20-15(11-12-16(21)22)18-19-17(13-7-3-1-4-8-13)14-9-5-2-6-10-14;/h1-12H,(H,18,20)(H,21,22);/b12-11-;. The van der Waals surface area contributed by atoms with Crippen molar-refractivity contribution in [1.29, 1.82) is 0 Å². The first-order chi connectivity index (χ1) is 10.7. The number of carboxylic acids is 1. The molecule has 112 valence electrons. The number of hydrazone groups is 1. The number of carboxylic acid groups (broad SMARTS) is 1. The van der Waals surface area contributed by atoms with E-state index in [1.807, 2.05) is 60.7 Å². The fourth-order valence-corrected chi connectivity index (χ4v) is 1.78. The Balaban J connectivity index is 0.00000264. The molecule has 0 unspecified atom stereocenters. The van der Waals surface area contributed by atoms with Gasteiger partial charge in [-0.25, -0.2) is 10.2 Å². The van der Waals surface area contributed by atoms with Crippen molar-refractivity contribution in [2.45, 2.75) is 0 Å². The Kier molecular flexibility index (Phi) is 7.72. The van der Waals surface area contributed by atoms with Gasteiger partial charge in [0.2, 0.25) is 0 Å². The molecule has 2 radical (unpaired) electrons. The summed E-state index contributed by atoms with van der Waals surface area (Å²) in [6.45, 7) is 0. The Hall–Kier alpha value is -2.44. The molecule has 0 heterocycles. The summed E-state index contributed by atoms with van der Waals surface area (Å²) in [6, 6.07) is 18.8. The van der Waals surface area contributed by atoms with Gasteiger partial charge in [0.15, 0.2) is 0 Å². The highest BCUT2D eigenvalue weighted by molar-refractivity contribution is 6.13. The van der Waals surface area contributed by atoms with Crippen LogP contribution in [0.1, 0.15) is 11.1 Å². The molecule has 2 aromatic carbocycles. The molecule has 0 aromatic heterocycles. The SMILES string of the molecule is O=C(O)/C=C\C(=O)NN=C(c1ccccc1)c1ccccc1.[Mg]. The largest absolute Gasteiger partial charge is 0.478 e. The normalized spacial score (nSPS) is 9.74. The third-order valence-corrected chi connectivity index (χ3v) is 2.75. The molecule has 5 nitrogen and oxygen atoms in total. The number of carbonyl (C=O) groups excluding carboxylic acids is 1. The van der Waals surface area contributed by atoms with E-state index in [4.69, 9.17) is 5.11 Å². The molecule has 0 spiro atoms. The molecule has 0 atom stereocenters. The van der Waals surface area contributed by atoms with Crippen LogP contribution in [0.25, 0.3) is 0 Å². The molecule has 1 amide bonds. The Morgan fingerprint density at radius 3 is 1.78 bits per heavy atom. The van der Waals surface area contributed by atoms with E-state index in [-0.39, 0.29) is 23.1 Å². The molecule has 6 heteroatoms. The molecule has 2 N–H and O–H groups in total. The summed E-state index contributed by atoms with van der Waals surface area (Å²) < 4.78 is 0. The van der Waals surface area contributed by atoms with Gasteiger partial charge in [0.25, 0.3) is 5.91 Å². The smallest absolute Gasteiger partial charge is 0.328 e. The lowest BCUT2D eigenvalue weighted by Crippen LogP contribution is -2.18. The quantitative estimate of drug-likeness (QED) is 0.382. The van der Waals surface area contributed by atoms with Gasteiger partial charge in [-0.1, -0.05) is 60.7 Å². The van der Waals surface area contributed by atoms with Gasteiger partial charge < -0.3 is 5.11 Å². The van der Waals surface area contributed by atoms with Gasteiger partial charge in [0.1, 0.15) is 0 Å². The van der Waals surface area contributed by atoms with Crippen LogP contribution in [-0.2, 0) is 9.59 Å². The van der Waals surface area contributed by atoms with Crippen molar-refractivity contribution in [3.05, 3.63) is 83.9 Å². The summed E-state index contributed by atoms with van der Waals surface area (Å²) in [5.41, 5.74) is 4.62. The first-order valence-corrected chi connectivity index (χ1v) is 6.56. The number of aliphatic carboxylic acids is 1. The maximum absolute atomic E-state index is 11.5. The summed E-state index contributed by atoms with van der Waals surface area (Å²) in [7, 11) is 0. The lowest BCUT2D eigenvalue weighted by Gasteiger charge is -2.07. The first kappa shape index (κ1) is 18.6. The van der Waals surface area contributed by atoms with Gasteiger partial charge in [-0.2, -0.15) is 5.10 Å². The highest BCUT2D eigenvalue weighted by atomic mass is 24.3. The van der Waals surface area contributed by atoms with E-state index in [1.165, 1.54) is 0 Å². The van der Waals surface area contributed by atoms with E-state index < -0.39 is 11.9 Å². The van der Waals surface area contributed by atoms with E-state index in [1.54, 1.807) is 0 Å². The fraction of sp³-hybridized carbons (Fsp3) is 0. The second-order valence-electron chi connectivity index (χ2n) is 4.34. The average molecular weight is 319 g/mol. The van der Waals surface area contributed by atoms with Crippen LogP contribution in [0.5, 0.6) is 0 Å². The van der Waals surface area contributed by atoms with Crippen molar-refractivity contribution in [3.8, 4) is 0 Å². The van der Waals surface area contributed by atoms with Gasteiger partial charge in [-0.15, -0.1) is 0 Å². The third kappa shape index (κ3) is 6.05. The summed E-state index contributed by atoms with van der Waals surface area (Å²) in [5.74, 6) is -1.79. The molecule has 0 fully saturated rings. The predicted molar refractivity (Wildman–Crippen MR) is 89.2 cm³/mol. The van der Waals surface area contributed by atoms with Crippen molar-refractivity contribution in [2.24, 2.45) is 5.10 Å². The van der Waals surface area contributed by atoms with Crippen LogP contribution < -0.4 is 5.43 Å². The summed E-state index contributed by atoms with van der Waals surface area (Å²) in [5, 5.41) is 12.6. The van der Waals surface area contributed by atoms with Gasteiger partial charge >= 0.3 is 5.97 Å². The van der Waals surface area contributed by atoms with E-state index in [9.17, 15) is 9.59 Å². The minimum Gasteiger partial charge on any atom is -0.478 e. The lowest BCUT2D eigenvalue weighted by molar-refractivity contribution is -0.131. The Bertz CT molecular complexity index is 672. The molecule has 0 bridgehead atoms. The number of amides is 1. The Labute approximate surface area is 149 Å². The number of hydrogen-bond acceptors (Lipinski definition) is 3. The van der Waals surface area contributed by atoms with Crippen LogP contribution in [-0.4, -0.2) is 45.7 Å². The molecular formula is C17H14MgN2O3. The fourth-order valence-electron chi connectivity index (χ4n) is 1.78. The summed E-state index contributed by atoms with van der Waals surface area (Å²) >= 11 is 0. The second-order valence-corrected chi connectivity index (χ2v) is 4.34. The highest BCUT2D eigenvalue weighted by Crippen LogP contribution is 2.10. The Morgan fingerprint density at radius 2 is 1.35 bits per heavy atom. The zero-order valence-electron chi connectivity index (χ0n) is 12.3. The van der Waals surface area contributed by atoms with Crippen molar-refractivity contribution in [1.82, 2.24) is 5.43 Å². The van der Waals surface area contributed by atoms with E-state index >= 15 is 0 Å². The molecule has 0 aliphatic rings. The summed E-state index contributed by atoms with van der Waals surface area (Å²) in [6.07, 6.45) is 1.68. The number of rotatable bonds is 5. The Morgan fingerprint density at radius 1 is 0.870 bits per heavy atom. The van der Waals surface area contributed by atoms with Crippen LogP contribution in [0.2, 0.25) is 0 Å². The topological polar surface area (TPSA) is 78.8 Å². The average Bonchev–Trinajstić information content (AvgIpc) is 2.55. The molecule has 2 rings (SSSR count). The molecule has 0 aliphatic carbocycles. The van der Waals surface area contributed by atoms with Crippen LogP contribution in [0.15, 0.2) is 77.9 Å². The first-order valence-electron chi connectivity index (χ1n) is 6.56. The second kappa shape index (κ2) is 9.55. The van der Waals surface area contributed by atoms with Gasteiger partial charge in [-0.3, -0.25) is 4.79 Å². The van der Waals surface area contributed by atoms with E-state index in [2.05, 4.69) is 10.5 Å². The van der Waals surface area contributed by atoms with Gasteiger partial charge in [0.05, 0.1) is 5.71 Å². The van der Waals surface area contributed by atoms with E-state index in [0.717, 1.165) is 23.3 Å². The molecule has 2 aromatic rings. The van der Waals surface area contributed by atoms with Gasteiger partial charge in [-0.05, 0) is 0 Å².